The molecular formula is C23H26N8O. The summed E-state index contributed by atoms with van der Waals surface area (Å²) in [5.74, 6) is 1.14. The minimum Gasteiger partial charge on any atom is -0.363 e. The van der Waals surface area contributed by atoms with Crippen LogP contribution in [0.15, 0.2) is 42.7 Å². The summed E-state index contributed by atoms with van der Waals surface area (Å²) < 4.78 is 1.68. The number of hydrogen-bond donors (Lipinski definition) is 4. The third-order valence-electron chi connectivity index (χ3n) is 6.14. The highest BCUT2D eigenvalue weighted by Crippen LogP contribution is 2.35. The van der Waals surface area contributed by atoms with Gasteiger partial charge in [0, 0.05) is 13.2 Å². The van der Waals surface area contributed by atoms with E-state index in [1.165, 1.54) is 11.1 Å². The van der Waals surface area contributed by atoms with Crippen LogP contribution in [0, 0.1) is 6.92 Å². The van der Waals surface area contributed by atoms with Crippen molar-refractivity contribution in [2.24, 2.45) is 0 Å². The molecule has 4 N–H and O–H groups in total. The van der Waals surface area contributed by atoms with Gasteiger partial charge in [-0.25, -0.2) is 0 Å². The number of anilines is 3. The average Bonchev–Trinajstić information content (AvgIpc) is 3.53. The minimum absolute atomic E-state index is 0.102. The van der Waals surface area contributed by atoms with Crippen LogP contribution in [0.5, 0.6) is 0 Å². The topological polar surface area (TPSA) is 113 Å². The molecule has 2 atom stereocenters. The van der Waals surface area contributed by atoms with Crippen molar-refractivity contribution >= 4 is 34.4 Å². The van der Waals surface area contributed by atoms with E-state index in [-0.39, 0.29) is 11.9 Å². The number of carbonyl (C=O) groups excluding carboxylic acids is 1. The highest BCUT2D eigenvalue weighted by atomic mass is 16.2. The monoisotopic (exact) mass is 430 g/mol. The predicted octanol–water partition coefficient (Wildman–Crippen LogP) is 3.61. The van der Waals surface area contributed by atoms with Gasteiger partial charge in [0.25, 0.3) is 0 Å². The summed E-state index contributed by atoms with van der Waals surface area (Å²) in [5, 5.41) is 14.9. The Balaban J connectivity index is 1.44. The lowest BCUT2D eigenvalue weighted by Gasteiger charge is -2.16. The summed E-state index contributed by atoms with van der Waals surface area (Å²) in [7, 11) is 1.62. The molecule has 3 aromatic heterocycles. The van der Waals surface area contributed by atoms with Gasteiger partial charge in [-0.15, -0.1) is 0 Å². The molecule has 1 aliphatic rings. The second-order valence-electron chi connectivity index (χ2n) is 8.07. The molecular weight excluding hydrogens is 404 g/mol. The molecule has 0 saturated heterocycles. The van der Waals surface area contributed by atoms with Crippen LogP contribution in [-0.4, -0.2) is 37.7 Å². The maximum Gasteiger partial charge on any atom is 0.244 e. The van der Waals surface area contributed by atoms with E-state index in [1.54, 1.807) is 17.9 Å². The van der Waals surface area contributed by atoms with Crippen molar-refractivity contribution in [3.63, 3.8) is 0 Å². The molecule has 1 amide bonds. The number of amides is 1. The van der Waals surface area contributed by atoms with Crippen LogP contribution < -0.4 is 16.0 Å². The fourth-order valence-corrected chi connectivity index (χ4v) is 4.36. The number of fused-ring (bicyclic) bond motifs is 2. The Labute approximate surface area is 185 Å². The Morgan fingerprint density at radius 2 is 2.09 bits per heavy atom. The first-order valence-corrected chi connectivity index (χ1v) is 10.8. The predicted molar refractivity (Wildman–Crippen MR) is 124 cm³/mol. The molecule has 9 nitrogen and oxygen atoms in total. The van der Waals surface area contributed by atoms with E-state index >= 15 is 0 Å². The lowest BCUT2D eigenvalue weighted by atomic mass is 10.1. The number of carbonyl (C=O) groups is 1. The van der Waals surface area contributed by atoms with Gasteiger partial charge in [-0.1, -0.05) is 24.3 Å². The number of aryl methyl sites for hydroxylation is 1. The van der Waals surface area contributed by atoms with Crippen LogP contribution in [0.1, 0.15) is 42.2 Å². The Bertz CT molecular complexity index is 1290. The number of nitrogens with one attached hydrogen (secondary N) is 4. The summed E-state index contributed by atoms with van der Waals surface area (Å²) in [6.45, 7) is 3.72. The quantitative estimate of drug-likeness (QED) is 0.372. The zero-order chi connectivity index (χ0) is 22.2. The van der Waals surface area contributed by atoms with Crippen molar-refractivity contribution in [1.82, 2.24) is 30.0 Å². The van der Waals surface area contributed by atoms with Crippen LogP contribution in [0.25, 0.3) is 11.0 Å². The fourth-order valence-electron chi connectivity index (χ4n) is 4.36. The molecule has 0 fully saturated rings. The number of aromatic nitrogens is 5. The molecule has 5 rings (SSSR count). The molecule has 4 aromatic rings. The lowest BCUT2D eigenvalue weighted by Crippen LogP contribution is -2.28. The fraction of sp³-hybridized carbons (Fsp3) is 0.304. The number of H-pyrrole nitrogens is 1. The van der Waals surface area contributed by atoms with Crippen molar-refractivity contribution in [2.45, 2.75) is 38.8 Å². The van der Waals surface area contributed by atoms with Crippen LogP contribution in [0.4, 0.5) is 17.5 Å². The number of nitrogens with zero attached hydrogens (tertiary/aromatic N) is 4. The molecule has 0 saturated carbocycles. The highest BCUT2D eigenvalue weighted by Gasteiger charge is 2.24. The summed E-state index contributed by atoms with van der Waals surface area (Å²) in [4.78, 5) is 24.6. The number of hydrogen-bond acceptors (Lipinski definition) is 6. The molecule has 1 aromatic carbocycles. The largest absolute Gasteiger partial charge is 0.363 e. The van der Waals surface area contributed by atoms with E-state index in [1.807, 2.05) is 26.1 Å². The number of rotatable bonds is 6. The van der Waals surface area contributed by atoms with Gasteiger partial charge in [-0.2, -0.15) is 15.1 Å². The number of aromatic amines is 1. The smallest absolute Gasteiger partial charge is 0.244 e. The van der Waals surface area contributed by atoms with Gasteiger partial charge in [0.05, 0.1) is 29.0 Å². The van der Waals surface area contributed by atoms with Crippen molar-refractivity contribution in [3.05, 3.63) is 59.5 Å². The molecule has 32 heavy (non-hydrogen) atoms. The Morgan fingerprint density at radius 1 is 1.25 bits per heavy atom. The molecule has 1 aliphatic carbocycles. The first-order valence-electron chi connectivity index (χ1n) is 10.8. The van der Waals surface area contributed by atoms with Crippen LogP contribution >= 0.6 is 0 Å². The van der Waals surface area contributed by atoms with Crippen LogP contribution in [0.3, 0.4) is 0 Å². The number of benzene rings is 1. The maximum absolute atomic E-state index is 12.0. The summed E-state index contributed by atoms with van der Waals surface area (Å²) >= 11 is 0. The average molecular weight is 431 g/mol. The summed E-state index contributed by atoms with van der Waals surface area (Å²) in [6, 6.07) is 10.3. The van der Waals surface area contributed by atoms with E-state index in [2.05, 4.69) is 55.3 Å². The molecule has 164 valence electrons. The third-order valence-corrected chi connectivity index (χ3v) is 6.14. The van der Waals surface area contributed by atoms with Crippen LogP contribution in [-0.2, 0) is 11.2 Å². The zero-order valence-corrected chi connectivity index (χ0v) is 18.3. The van der Waals surface area contributed by atoms with Gasteiger partial charge in [0.1, 0.15) is 17.5 Å². The first-order chi connectivity index (χ1) is 15.5. The highest BCUT2D eigenvalue weighted by molar-refractivity contribution is 5.88. The molecule has 0 spiro atoms. The molecule has 0 radical (unpaired) electrons. The third kappa shape index (κ3) is 3.45. The second-order valence-corrected chi connectivity index (χ2v) is 8.07. The molecule has 1 unspecified atom stereocenters. The van der Waals surface area contributed by atoms with Gasteiger partial charge in [-0.3, -0.25) is 9.48 Å². The number of likely N-dealkylation sites (N-methyl/N-ethyl adjacent to an activating group) is 1. The van der Waals surface area contributed by atoms with Gasteiger partial charge >= 0.3 is 0 Å². The Kier molecular flexibility index (Phi) is 5.01. The van der Waals surface area contributed by atoms with E-state index in [9.17, 15) is 4.79 Å². The van der Waals surface area contributed by atoms with Crippen molar-refractivity contribution < 1.29 is 4.79 Å². The van der Waals surface area contributed by atoms with Gasteiger partial charge < -0.3 is 20.9 Å². The van der Waals surface area contributed by atoms with E-state index < -0.39 is 6.04 Å². The normalized spacial score (nSPS) is 16.0. The van der Waals surface area contributed by atoms with Crippen LogP contribution in [0.2, 0.25) is 0 Å². The van der Waals surface area contributed by atoms with E-state index in [0.717, 1.165) is 41.1 Å². The maximum atomic E-state index is 12.0. The minimum atomic E-state index is -0.415. The Hall–Kier alpha value is -3.88. The van der Waals surface area contributed by atoms with E-state index in [0.29, 0.717) is 5.95 Å². The summed E-state index contributed by atoms with van der Waals surface area (Å²) in [6.07, 6.45) is 5.64. The second kappa shape index (κ2) is 7.99. The molecule has 0 aliphatic heterocycles. The van der Waals surface area contributed by atoms with Gasteiger partial charge in [0.15, 0.2) is 0 Å². The lowest BCUT2D eigenvalue weighted by molar-refractivity contribution is -0.123. The molecule has 3 heterocycles. The summed E-state index contributed by atoms with van der Waals surface area (Å²) in [5.41, 5.74) is 5.04. The van der Waals surface area contributed by atoms with Crippen molar-refractivity contribution in [2.75, 3.05) is 17.7 Å². The Morgan fingerprint density at radius 3 is 2.94 bits per heavy atom. The SMILES string of the molecule is CNC(=O)C(C)n1ncc(Nc2nc(N[C@@H]3CCc4ccccc43)c3cc[nH]c3n2)c1C. The zero-order valence-electron chi connectivity index (χ0n) is 18.3. The van der Waals surface area contributed by atoms with Gasteiger partial charge in [0.2, 0.25) is 11.9 Å². The van der Waals surface area contributed by atoms with E-state index in [4.69, 9.17) is 4.98 Å². The molecule has 0 bridgehead atoms. The standard InChI is InChI=1S/C23H26N8O/c1-13-19(12-26-31(13)14(2)22(32)24-3)28-23-29-20-17(10-11-25-20)21(30-23)27-18-9-8-15-6-4-5-7-16(15)18/h4-7,10-12,14,18H,8-9H2,1-3H3,(H,24,32)(H3,25,27,28,29,30)/t14?,18-/m1/s1. The first kappa shape index (κ1) is 20.0. The van der Waals surface area contributed by atoms with Gasteiger partial charge in [-0.05, 0) is 43.9 Å². The van der Waals surface area contributed by atoms with Crippen molar-refractivity contribution in [3.8, 4) is 0 Å². The molecule has 9 heteroatoms. The van der Waals surface area contributed by atoms with Crippen molar-refractivity contribution in [1.29, 1.82) is 0 Å².